The molecule has 1 N–H and O–H groups in total. The van der Waals surface area contributed by atoms with Gasteiger partial charge in [-0.3, -0.25) is 4.90 Å². The first-order valence-corrected chi connectivity index (χ1v) is 5.99. The van der Waals surface area contributed by atoms with Crippen molar-refractivity contribution in [2.75, 3.05) is 19.7 Å². The van der Waals surface area contributed by atoms with Crippen molar-refractivity contribution in [3.8, 4) is 0 Å². The van der Waals surface area contributed by atoms with Crippen LogP contribution >= 0.6 is 0 Å². The van der Waals surface area contributed by atoms with Crippen LogP contribution in [-0.2, 0) is 0 Å². The van der Waals surface area contributed by atoms with Crippen LogP contribution in [0.4, 0.5) is 0 Å². The van der Waals surface area contributed by atoms with E-state index in [1.165, 1.54) is 38.8 Å². The maximum absolute atomic E-state index is 9.35. The fraction of sp³-hybridized carbons (Fsp3) is 1.00. The number of hydrogen-bond acceptors (Lipinski definition) is 2. The molecule has 1 saturated heterocycles. The average molecular weight is 197 g/mol. The normalized spacial score (nSPS) is 34.5. The number of aliphatic hydroxyl groups is 1. The summed E-state index contributed by atoms with van der Waals surface area (Å²) in [6.45, 7) is 7.04. The van der Waals surface area contributed by atoms with Crippen molar-refractivity contribution in [2.24, 2.45) is 11.8 Å². The van der Waals surface area contributed by atoms with Gasteiger partial charge in [0.2, 0.25) is 0 Å². The molecule has 0 aromatic carbocycles. The zero-order chi connectivity index (χ0) is 10.2. The molecule has 2 heteroatoms. The van der Waals surface area contributed by atoms with Crippen LogP contribution in [0.5, 0.6) is 0 Å². The van der Waals surface area contributed by atoms with Crippen molar-refractivity contribution in [3.63, 3.8) is 0 Å². The van der Waals surface area contributed by atoms with E-state index in [1.54, 1.807) is 0 Å². The van der Waals surface area contributed by atoms with Gasteiger partial charge < -0.3 is 5.11 Å². The van der Waals surface area contributed by atoms with Gasteiger partial charge in [0.05, 0.1) is 6.61 Å². The van der Waals surface area contributed by atoms with E-state index in [0.29, 0.717) is 0 Å². The molecule has 2 nitrogen and oxygen atoms in total. The number of nitrogens with zero attached hydrogens (tertiary/aromatic N) is 1. The highest BCUT2D eigenvalue weighted by Crippen LogP contribution is 2.38. The molecule has 2 unspecified atom stereocenters. The number of hydrogen-bond donors (Lipinski definition) is 1. The Morgan fingerprint density at radius 3 is 2.07 bits per heavy atom. The Morgan fingerprint density at radius 1 is 1.14 bits per heavy atom. The van der Waals surface area contributed by atoms with Crippen molar-refractivity contribution in [3.05, 3.63) is 0 Å². The lowest BCUT2D eigenvalue weighted by Gasteiger charge is -2.33. The summed E-state index contributed by atoms with van der Waals surface area (Å²) in [6, 6.07) is 0. The highest BCUT2D eigenvalue weighted by atomic mass is 16.3. The van der Waals surface area contributed by atoms with Crippen molar-refractivity contribution in [1.29, 1.82) is 0 Å². The van der Waals surface area contributed by atoms with Crippen LogP contribution in [0.3, 0.4) is 0 Å². The fourth-order valence-corrected chi connectivity index (χ4v) is 3.00. The summed E-state index contributed by atoms with van der Waals surface area (Å²) in [5, 5.41) is 9.35. The smallest absolute Gasteiger partial charge is 0.0610 e. The minimum atomic E-state index is -0.00264. The fourth-order valence-electron chi connectivity index (χ4n) is 3.00. The Balaban J connectivity index is 1.99. The van der Waals surface area contributed by atoms with Crippen molar-refractivity contribution in [2.45, 2.75) is 45.1 Å². The van der Waals surface area contributed by atoms with Gasteiger partial charge in [-0.05, 0) is 38.5 Å². The lowest BCUT2D eigenvalue weighted by atomic mass is 9.82. The van der Waals surface area contributed by atoms with Gasteiger partial charge in [0.25, 0.3) is 0 Å². The molecule has 1 heterocycles. The van der Waals surface area contributed by atoms with Crippen molar-refractivity contribution >= 4 is 0 Å². The van der Waals surface area contributed by atoms with Crippen LogP contribution in [0.15, 0.2) is 0 Å². The zero-order valence-electron chi connectivity index (χ0n) is 9.50. The predicted octanol–water partition coefficient (Wildman–Crippen LogP) is 1.88. The second-order valence-electron chi connectivity index (χ2n) is 5.68. The summed E-state index contributed by atoms with van der Waals surface area (Å²) >= 11 is 0. The van der Waals surface area contributed by atoms with Crippen LogP contribution in [0, 0.1) is 11.8 Å². The maximum atomic E-state index is 9.35. The Kier molecular flexibility index (Phi) is 2.85. The van der Waals surface area contributed by atoms with Gasteiger partial charge in [-0.15, -0.1) is 0 Å². The second-order valence-corrected chi connectivity index (χ2v) is 5.68. The van der Waals surface area contributed by atoms with Crippen LogP contribution in [0.2, 0.25) is 0 Å². The zero-order valence-corrected chi connectivity index (χ0v) is 9.50. The quantitative estimate of drug-likeness (QED) is 0.730. The topological polar surface area (TPSA) is 23.5 Å². The van der Waals surface area contributed by atoms with Gasteiger partial charge in [-0.2, -0.15) is 0 Å². The van der Waals surface area contributed by atoms with E-state index >= 15 is 0 Å². The van der Waals surface area contributed by atoms with Crippen LogP contribution in [0.25, 0.3) is 0 Å². The molecule has 82 valence electrons. The molecular formula is C12H23NO. The van der Waals surface area contributed by atoms with E-state index in [2.05, 4.69) is 18.7 Å². The van der Waals surface area contributed by atoms with Crippen molar-refractivity contribution in [1.82, 2.24) is 4.90 Å². The average Bonchev–Trinajstić information content (AvgIpc) is 2.61. The summed E-state index contributed by atoms with van der Waals surface area (Å²) in [5.41, 5.74) is -0.00264. The minimum Gasteiger partial charge on any atom is -0.394 e. The molecule has 2 atom stereocenters. The molecular weight excluding hydrogens is 174 g/mol. The first-order valence-electron chi connectivity index (χ1n) is 5.99. The molecule has 0 aromatic heterocycles. The number of likely N-dealkylation sites (tertiary alicyclic amines) is 1. The van der Waals surface area contributed by atoms with Crippen molar-refractivity contribution < 1.29 is 5.11 Å². The molecule has 1 aliphatic heterocycles. The van der Waals surface area contributed by atoms with Gasteiger partial charge in [0.15, 0.2) is 0 Å². The molecule has 1 aliphatic carbocycles. The highest BCUT2D eigenvalue weighted by Gasteiger charge is 2.39. The summed E-state index contributed by atoms with van der Waals surface area (Å²) < 4.78 is 0. The van der Waals surface area contributed by atoms with E-state index in [9.17, 15) is 5.11 Å². The third-order valence-corrected chi connectivity index (χ3v) is 4.22. The van der Waals surface area contributed by atoms with Crippen LogP contribution in [0.1, 0.15) is 39.5 Å². The van der Waals surface area contributed by atoms with Gasteiger partial charge in [0, 0.05) is 18.6 Å². The van der Waals surface area contributed by atoms with Gasteiger partial charge in [0.1, 0.15) is 0 Å². The molecule has 2 fully saturated rings. The standard InChI is InChI=1S/C12H23NO/c1-12(2,9-14)13-7-10-5-3-4-6-11(10)8-13/h10-11,14H,3-9H2,1-2H3. The Bertz CT molecular complexity index is 188. The Labute approximate surface area is 87.3 Å². The van der Waals surface area contributed by atoms with Gasteiger partial charge >= 0.3 is 0 Å². The molecule has 1 saturated carbocycles. The maximum Gasteiger partial charge on any atom is 0.0610 e. The lowest BCUT2D eigenvalue weighted by Crippen LogP contribution is -2.45. The largest absolute Gasteiger partial charge is 0.394 e. The van der Waals surface area contributed by atoms with Gasteiger partial charge in [-0.25, -0.2) is 0 Å². The molecule has 0 amide bonds. The first kappa shape index (κ1) is 10.4. The third kappa shape index (κ3) is 1.82. The van der Waals surface area contributed by atoms with Crippen LogP contribution in [-0.4, -0.2) is 35.2 Å². The van der Waals surface area contributed by atoms with Crippen LogP contribution < -0.4 is 0 Å². The molecule has 2 aliphatic rings. The number of aliphatic hydroxyl groups excluding tert-OH is 1. The first-order chi connectivity index (χ1) is 6.63. The van der Waals surface area contributed by atoms with E-state index in [4.69, 9.17) is 0 Å². The summed E-state index contributed by atoms with van der Waals surface area (Å²) in [6.07, 6.45) is 5.69. The molecule has 0 bridgehead atoms. The molecule has 0 radical (unpaired) electrons. The summed E-state index contributed by atoms with van der Waals surface area (Å²) in [4.78, 5) is 2.49. The van der Waals surface area contributed by atoms with Gasteiger partial charge in [-0.1, -0.05) is 12.8 Å². The number of rotatable bonds is 2. The summed E-state index contributed by atoms with van der Waals surface area (Å²) in [7, 11) is 0. The Morgan fingerprint density at radius 2 is 1.64 bits per heavy atom. The predicted molar refractivity (Wildman–Crippen MR) is 58.2 cm³/mol. The molecule has 0 aromatic rings. The van der Waals surface area contributed by atoms with E-state index in [0.717, 1.165) is 11.8 Å². The molecule has 0 spiro atoms. The third-order valence-electron chi connectivity index (χ3n) is 4.22. The highest BCUT2D eigenvalue weighted by molar-refractivity contribution is 4.93. The van der Waals surface area contributed by atoms with E-state index in [1.807, 2.05) is 0 Å². The van der Waals surface area contributed by atoms with E-state index < -0.39 is 0 Å². The second kappa shape index (κ2) is 3.82. The SMILES string of the molecule is CC(C)(CO)N1CC2CCCCC2C1. The molecule has 2 rings (SSSR count). The minimum absolute atomic E-state index is 0.00264. The molecule has 14 heavy (non-hydrogen) atoms. The Hall–Kier alpha value is -0.0800. The summed E-state index contributed by atoms with van der Waals surface area (Å²) in [5.74, 6) is 1.85. The lowest BCUT2D eigenvalue weighted by molar-refractivity contribution is 0.0725. The van der Waals surface area contributed by atoms with E-state index in [-0.39, 0.29) is 12.1 Å². The number of fused-ring (bicyclic) bond motifs is 1. The monoisotopic (exact) mass is 197 g/mol.